The van der Waals surface area contributed by atoms with Crippen LogP contribution in [-0.2, 0) is 5.41 Å². The van der Waals surface area contributed by atoms with Crippen molar-refractivity contribution in [3.8, 4) is 12.0 Å². The highest BCUT2D eigenvalue weighted by atomic mass is 35.5. The van der Waals surface area contributed by atoms with Gasteiger partial charge in [-0.15, -0.1) is 0 Å². The molecule has 0 amide bonds. The summed E-state index contributed by atoms with van der Waals surface area (Å²) in [5.74, 6) is 0.388. The zero-order valence-corrected chi connectivity index (χ0v) is 12.9. The van der Waals surface area contributed by atoms with Crippen molar-refractivity contribution in [2.45, 2.75) is 40.0 Å². The first-order chi connectivity index (χ1) is 9.24. The van der Waals surface area contributed by atoms with Gasteiger partial charge in [-0.3, -0.25) is 0 Å². The number of nitriles is 1. The predicted molar refractivity (Wildman–Crippen MR) is 77.1 cm³/mol. The van der Waals surface area contributed by atoms with Gasteiger partial charge in [0.15, 0.2) is 5.15 Å². The second-order valence-electron chi connectivity index (χ2n) is 5.74. The minimum atomic E-state index is -0.279. The van der Waals surface area contributed by atoms with E-state index in [9.17, 15) is 5.26 Å². The zero-order valence-electron chi connectivity index (χ0n) is 12.2. The van der Waals surface area contributed by atoms with E-state index in [1.165, 1.54) is 4.68 Å². The van der Waals surface area contributed by atoms with Crippen molar-refractivity contribution < 1.29 is 0 Å². The summed E-state index contributed by atoms with van der Waals surface area (Å²) >= 11 is 6.27. The Balaban J connectivity index is 2.71. The van der Waals surface area contributed by atoms with Gasteiger partial charge >= 0.3 is 0 Å². The van der Waals surface area contributed by atoms with Gasteiger partial charge in [-0.2, -0.15) is 15.0 Å². The molecule has 0 saturated heterocycles. The van der Waals surface area contributed by atoms with Gasteiger partial charge in [0, 0.05) is 16.8 Å². The molecule has 0 saturated carbocycles. The molecule has 0 aliphatic heterocycles. The van der Waals surface area contributed by atoms with E-state index in [1.54, 1.807) is 0 Å². The molecule has 0 radical (unpaired) electrons. The van der Waals surface area contributed by atoms with E-state index < -0.39 is 0 Å². The summed E-state index contributed by atoms with van der Waals surface area (Å²) in [4.78, 5) is 8.66. The third-order valence-corrected chi connectivity index (χ3v) is 3.16. The molecule has 20 heavy (non-hydrogen) atoms. The van der Waals surface area contributed by atoms with Crippen molar-refractivity contribution in [2.24, 2.45) is 0 Å². The van der Waals surface area contributed by atoms with Crippen LogP contribution in [0.2, 0.25) is 5.15 Å². The van der Waals surface area contributed by atoms with Crippen LogP contribution in [0.4, 0.5) is 0 Å². The third-order valence-electron chi connectivity index (χ3n) is 2.81. The Bertz CT molecular complexity index is 683. The number of rotatable bonds is 1. The molecule has 0 N–H and O–H groups in total. The number of halogens is 1. The molecule has 0 aliphatic rings. The van der Waals surface area contributed by atoms with Gasteiger partial charge in [0.05, 0.1) is 5.69 Å². The maximum absolute atomic E-state index is 9.30. The Hall–Kier alpha value is -1.93. The summed E-state index contributed by atoms with van der Waals surface area (Å²) in [5.41, 5.74) is 2.40. The smallest absolute Gasteiger partial charge is 0.216 e. The lowest BCUT2D eigenvalue weighted by Gasteiger charge is -2.14. The number of aromatic nitrogens is 4. The van der Waals surface area contributed by atoms with Gasteiger partial charge in [0.1, 0.15) is 11.6 Å². The van der Waals surface area contributed by atoms with Gasteiger partial charge < -0.3 is 0 Å². The van der Waals surface area contributed by atoms with Crippen molar-refractivity contribution in [3.63, 3.8) is 0 Å². The first kappa shape index (κ1) is 14.5. The van der Waals surface area contributed by atoms with Crippen LogP contribution >= 0.6 is 11.6 Å². The highest BCUT2D eigenvalue weighted by Crippen LogP contribution is 2.30. The average Bonchev–Trinajstić information content (AvgIpc) is 2.64. The van der Waals surface area contributed by atoms with Crippen molar-refractivity contribution in [2.75, 3.05) is 0 Å². The Kier molecular flexibility index (Phi) is 3.53. The van der Waals surface area contributed by atoms with E-state index in [2.05, 4.69) is 21.1 Å². The number of hydrogen-bond acceptors (Lipinski definition) is 4. The van der Waals surface area contributed by atoms with E-state index in [0.717, 1.165) is 11.4 Å². The second-order valence-corrected chi connectivity index (χ2v) is 6.10. The Morgan fingerprint density at radius 3 is 2.15 bits per heavy atom. The van der Waals surface area contributed by atoms with E-state index in [4.69, 9.17) is 11.6 Å². The molecule has 0 unspecified atom stereocenters. The molecule has 0 fully saturated rings. The first-order valence-electron chi connectivity index (χ1n) is 6.26. The summed E-state index contributed by atoms with van der Waals surface area (Å²) in [5, 5.41) is 14.0. The van der Waals surface area contributed by atoms with Crippen LogP contribution in [0.15, 0.2) is 6.07 Å². The largest absolute Gasteiger partial charge is 0.252 e. The Labute approximate surface area is 123 Å². The Morgan fingerprint density at radius 1 is 1.20 bits per heavy atom. The van der Waals surface area contributed by atoms with Gasteiger partial charge in [0.25, 0.3) is 5.95 Å². The molecule has 2 aromatic rings. The topological polar surface area (TPSA) is 67.4 Å². The van der Waals surface area contributed by atoms with E-state index in [-0.39, 0.29) is 10.6 Å². The molecular formula is C14H16ClN5. The molecule has 2 aromatic heterocycles. The lowest BCUT2D eigenvalue weighted by Crippen LogP contribution is -2.14. The molecular weight excluding hydrogens is 274 g/mol. The molecule has 5 nitrogen and oxygen atoms in total. The highest BCUT2D eigenvalue weighted by molar-refractivity contribution is 6.31. The normalized spacial score (nSPS) is 11.4. The summed E-state index contributed by atoms with van der Waals surface area (Å²) in [6.45, 7) is 9.72. The number of hydrogen-bond donors (Lipinski definition) is 0. The molecule has 0 aliphatic carbocycles. The van der Waals surface area contributed by atoms with E-state index in [1.807, 2.05) is 40.7 Å². The second kappa shape index (κ2) is 4.88. The summed E-state index contributed by atoms with van der Waals surface area (Å²) in [6, 6.07) is 3.99. The van der Waals surface area contributed by atoms with E-state index >= 15 is 0 Å². The van der Waals surface area contributed by atoms with Crippen molar-refractivity contribution >= 4 is 11.6 Å². The lowest BCUT2D eigenvalue weighted by molar-refractivity contribution is 0.557. The predicted octanol–water partition coefficient (Wildman–Crippen LogP) is 3.10. The van der Waals surface area contributed by atoms with Crippen LogP contribution in [0.3, 0.4) is 0 Å². The molecule has 2 heterocycles. The molecule has 104 valence electrons. The summed E-state index contributed by atoms with van der Waals surface area (Å²) in [6.07, 6.45) is 0. The molecule has 0 spiro atoms. The monoisotopic (exact) mass is 289 g/mol. The summed E-state index contributed by atoms with van der Waals surface area (Å²) in [7, 11) is 0. The van der Waals surface area contributed by atoms with Gasteiger partial charge in [-0.25, -0.2) is 9.97 Å². The van der Waals surface area contributed by atoms with Crippen LogP contribution in [0, 0.1) is 25.2 Å². The molecule has 0 bridgehead atoms. The molecule has 6 heteroatoms. The standard InChI is InChI=1S/C14H16ClN5/c1-8-6-9(2)18-13(17-8)20-12(15)10(7-16)11(19-20)14(3,4)5/h6H,1-5H3. The summed E-state index contributed by atoms with van der Waals surface area (Å²) < 4.78 is 1.43. The third kappa shape index (κ3) is 2.52. The van der Waals surface area contributed by atoms with Crippen molar-refractivity contribution in [3.05, 3.63) is 33.9 Å². The van der Waals surface area contributed by atoms with Gasteiger partial charge in [-0.05, 0) is 19.9 Å². The minimum Gasteiger partial charge on any atom is -0.216 e. The molecule has 2 rings (SSSR count). The fraction of sp³-hybridized carbons (Fsp3) is 0.429. The number of nitrogens with zero attached hydrogens (tertiary/aromatic N) is 5. The first-order valence-corrected chi connectivity index (χ1v) is 6.63. The fourth-order valence-corrected chi connectivity index (χ4v) is 2.20. The maximum Gasteiger partial charge on any atom is 0.252 e. The highest BCUT2D eigenvalue weighted by Gasteiger charge is 2.27. The molecule has 0 atom stereocenters. The van der Waals surface area contributed by atoms with Gasteiger partial charge in [-0.1, -0.05) is 32.4 Å². The Morgan fingerprint density at radius 2 is 1.75 bits per heavy atom. The van der Waals surface area contributed by atoms with Crippen LogP contribution in [0.25, 0.3) is 5.95 Å². The molecule has 0 aromatic carbocycles. The minimum absolute atomic E-state index is 0.252. The number of aryl methyl sites for hydroxylation is 2. The zero-order chi connectivity index (χ0) is 15.1. The average molecular weight is 290 g/mol. The quantitative estimate of drug-likeness (QED) is 0.809. The van der Waals surface area contributed by atoms with Crippen molar-refractivity contribution in [1.82, 2.24) is 19.7 Å². The SMILES string of the molecule is Cc1cc(C)nc(-n2nc(C(C)(C)C)c(C#N)c2Cl)n1. The lowest BCUT2D eigenvalue weighted by atomic mass is 9.90. The van der Waals surface area contributed by atoms with Crippen LogP contribution in [-0.4, -0.2) is 19.7 Å². The maximum atomic E-state index is 9.30. The van der Waals surface area contributed by atoms with Crippen molar-refractivity contribution in [1.29, 1.82) is 5.26 Å². The van der Waals surface area contributed by atoms with Crippen LogP contribution in [0.5, 0.6) is 0 Å². The van der Waals surface area contributed by atoms with Crippen LogP contribution < -0.4 is 0 Å². The van der Waals surface area contributed by atoms with Crippen LogP contribution in [0.1, 0.15) is 43.4 Å². The fourth-order valence-electron chi connectivity index (χ4n) is 1.96. The van der Waals surface area contributed by atoms with E-state index in [0.29, 0.717) is 17.2 Å². The van der Waals surface area contributed by atoms with Gasteiger partial charge in [0.2, 0.25) is 0 Å².